The van der Waals surface area contributed by atoms with Crippen LogP contribution in [0.4, 0.5) is 8.78 Å². The Bertz CT molecular complexity index is 948. The van der Waals surface area contributed by atoms with Crippen LogP contribution in [-0.2, 0) is 12.8 Å². The summed E-state index contributed by atoms with van der Waals surface area (Å²) >= 11 is 0. The molecule has 2 saturated carbocycles. The number of hydrogen-bond acceptors (Lipinski definition) is 1. The van der Waals surface area contributed by atoms with E-state index < -0.39 is 11.6 Å². The lowest BCUT2D eigenvalue weighted by atomic mass is 9.68. The summed E-state index contributed by atoms with van der Waals surface area (Å²) in [4.78, 5) is 0. The largest absolute Gasteiger partial charge is 0.462 e. The quantitative estimate of drug-likeness (QED) is 0.325. The average Bonchev–Trinajstić information content (AvgIpc) is 2.90. The van der Waals surface area contributed by atoms with E-state index in [9.17, 15) is 8.78 Å². The fourth-order valence-corrected chi connectivity index (χ4v) is 6.51. The number of rotatable bonds is 9. The van der Waals surface area contributed by atoms with Crippen molar-refractivity contribution in [3.63, 3.8) is 0 Å². The molecule has 0 aliphatic heterocycles. The van der Waals surface area contributed by atoms with Crippen LogP contribution in [0.15, 0.2) is 48.7 Å². The fourth-order valence-electron chi connectivity index (χ4n) is 6.51. The summed E-state index contributed by atoms with van der Waals surface area (Å²) in [5, 5.41) is 0. The van der Waals surface area contributed by atoms with Gasteiger partial charge in [-0.1, -0.05) is 69.0 Å². The van der Waals surface area contributed by atoms with Gasteiger partial charge in [0.2, 0.25) is 5.82 Å². The van der Waals surface area contributed by atoms with Gasteiger partial charge in [-0.3, -0.25) is 0 Å². The van der Waals surface area contributed by atoms with E-state index in [2.05, 4.69) is 31.2 Å². The van der Waals surface area contributed by atoms with Crippen molar-refractivity contribution in [1.82, 2.24) is 0 Å². The molecule has 2 aliphatic carbocycles. The van der Waals surface area contributed by atoms with E-state index >= 15 is 0 Å². The molecule has 0 unspecified atom stereocenters. The molecule has 0 radical (unpaired) electrons. The van der Waals surface area contributed by atoms with Gasteiger partial charge in [0.25, 0.3) is 0 Å². The molecule has 0 N–H and O–H groups in total. The van der Waals surface area contributed by atoms with Gasteiger partial charge >= 0.3 is 0 Å². The van der Waals surface area contributed by atoms with Gasteiger partial charge in [-0.05, 0) is 105 Å². The Balaban J connectivity index is 1.25. The van der Waals surface area contributed by atoms with Crippen LogP contribution in [0.25, 0.3) is 0 Å². The van der Waals surface area contributed by atoms with Gasteiger partial charge in [-0.25, -0.2) is 4.39 Å². The highest BCUT2D eigenvalue weighted by atomic mass is 19.2. The zero-order valence-corrected chi connectivity index (χ0v) is 21.6. The topological polar surface area (TPSA) is 9.23 Å². The summed E-state index contributed by atoms with van der Waals surface area (Å²) in [6.45, 7) is 4.08. The van der Waals surface area contributed by atoms with Crippen LogP contribution in [0.1, 0.15) is 101 Å². The van der Waals surface area contributed by atoms with Crippen LogP contribution in [0, 0.1) is 29.4 Å². The fraction of sp³-hybridized carbons (Fsp3) is 0.562. The maximum Gasteiger partial charge on any atom is 0.201 e. The van der Waals surface area contributed by atoms with Crippen LogP contribution in [-0.4, -0.2) is 0 Å². The van der Waals surface area contributed by atoms with Gasteiger partial charge in [0, 0.05) is 0 Å². The number of allylic oxidation sites excluding steroid dienone is 1. The molecule has 0 saturated heterocycles. The zero-order chi connectivity index (χ0) is 24.6. The summed E-state index contributed by atoms with van der Waals surface area (Å²) in [5.41, 5.74) is 3.00. The minimum Gasteiger partial charge on any atom is -0.462 e. The number of hydrogen-bond donors (Lipinski definition) is 0. The van der Waals surface area contributed by atoms with Crippen molar-refractivity contribution in [3.05, 3.63) is 77.1 Å². The Labute approximate surface area is 211 Å². The van der Waals surface area contributed by atoms with Crippen LogP contribution in [0.3, 0.4) is 0 Å². The van der Waals surface area contributed by atoms with Crippen molar-refractivity contribution in [2.24, 2.45) is 17.8 Å². The van der Waals surface area contributed by atoms with E-state index in [0.29, 0.717) is 24.3 Å². The summed E-state index contributed by atoms with van der Waals surface area (Å²) in [6.07, 6.45) is 18.2. The Morgan fingerprint density at radius 1 is 0.800 bits per heavy atom. The van der Waals surface area contributed by atoms with E-state index in [1.54, 1.807) is 19.1 Å². The molecule has 2 fully saturated rings. The van der Waals surface area contributed by atoms with E-state index in [1.165, 1.54) is 87.7 Å². The van der Waals surface area contributed by atoms with E-state index in [0.717, 1.165) is 17.8 Å². The summed E-state index contributed by atoms with van der Waals surface area (Å²) in [5.74, 6) is 1.79. The minimum absolute atomic E-state index is 0.0763. The van der Waals surface area contributed by atoms with Crippen molar-refractivity contribution in [2.75, 3.05) is 0 Å². The lowest BCUT2D eigenvalue weighted by Crippen LogP contribution is -2.25. The Morgan fingerprint density at radius 3 is 2.09 bits per heavy atom. The molecular weight excluding hydrogens is 438 g/mol. The van der Waals surface area contributed by atoms with Crippen molar-refractivity contribution < 1.29 is 13.5 Å². The molecule has 0 heterocycles. The molecule has 3 heteroatoms. The van der Waals surface area contributed by atoms with Gasteiger partial charge in [0.05, 0.1) is 6.26 Å². The number of benzene rings is 2. The van der Waals surface area contributed by atoms with E-state index in [4.69, 9.17) is 4.74 Å². The van der Waals surface area contributed by atoms with Gasteiger partial charge in [0.1, 0.15) is 0 Å². The third kappa shape index (κ3) is 6.74. The molecule has 4 rings (SSSR count). The molecule has 0 spiro atoms. The summed E-state index contributed by atoms with van der Waals surface area (Å²) in [7, 11) is 0. The van der Waals surface area contributed by atoms with Crippen molar-refractivity contribution in [2.45, 2.75) is 96.8 Å². The van der Waals surface area contributed by atoms with Crippen LogP contribution >= 0.6 is 0 Å². The van der Waals surface area contributed by atoms with Crippen LogP contribution < -0.4 is 4.74 Å². The highest BCUT2D eigenvalue weighted by molar-refractivity contribution is 5.33. The first-order valence-electron chi connectivity index (χ1n) is 13.9. The molecule has 35 heavy (non-hydrogen) atoms. The summed E-state index contributed by atoms with van der Waals surface area (Å²) < 4.78 is 33.8. The maximum absolute atomic E-state index is 14.4. The second-order valence-corrected chi connectivity index (χ2v) is 10.9. The zero-order valence-electron chi connectivity index (χ0n) is 21.6. The molecule has 0 amide bonds. The highest BCUT2D eigenvalue weighted by Crippen LogP contribution is 2.44. The highest BCUT2D eigenvalue weighted by Gasteiger charge is 2.31. The van der Waals surface area contributed by atoms with Gasteiger partial charge < -0.3 is 4.74 Å². The monoisotopic (exact) mass is 480 g/mol. The van der Waals surface area contributed by atoms with Crippen molar-refractivity contribution in [3.8, 4) is 5.75 Å². The standard InChI is InChI=1S/C32H42F2O/c1-3-5-23-6-11-25(12-7-23)27-16-18-28(19-17-27)26-13-8-24(9-14-26)10-15-29-20-21-30(35-22-4-2)32(34)31(29)33/h4,8-9,13-14,20-23,25,27-28H,3,5-7,10-12,15-19H2,1-2H3. The minimum atomic E-state index is -0.916. The van der Waals surface area contributed by atoms with E-state index in [-0.39, 0.29) is 5.75 Å². The molecule has 2 aromatic carbocycles. The van der Waals surface area contributed by atoms with Crippen LogP contribution in [0.2, 0.25) is 0 Å². The molecule has 0 aromatic heterocycles. The lowest BCUT2D eigenvalue weighted by Gasteiger charge is -2.38. The predicted octanol–water partition coefficient (Wildman–Crippen LogP) is 9.54. The van der Waals surface area contributed by atoms with Gasteiger partial charge in [0.15, 0.2) is 11.6 Å². The predicted molar refractivity (Wildman–Crippen MR) is 141 cm³/mol. The Kier molecular flexibility index (Phi) is 9.40. The number of ether oxygens (including phenoxy) is 1. The molecule has 2 aliphatic rings. The smallest absolute Gasteiger partial charge is 0.201 e. The Hall–Kier alpha value is -2.16. The molecule has 0 bridgehead atoms. The first-order chi connectivity index (χ1) is 17.1. The third-order valence-corrected chi connectivity index (χ3v) is 8.62. The normalized spacial score (nSPS) is 25.1. The Morgan fingerprint density at radius 2 is 1.46 bits per heavy atom. The number of aryl methyl sites for hydroxylation is 2. The maximum atomic E-state index is 14.4. The second-order valence-electron chi connectivity index (χ2n) is 10.9. The lowest BCUT2D eigenvalue weighted by molar-refractivity contribution is 0.156. The molecule has 1 nitrogen and oxygen atoms in total. The third-order valence-electron chi connectivity index (χ3n) is 8.62. The van der Waals surface area contributed by atoms with Crippen molar-refractivity contribution >= 4 is 0 Å². The average molecular weight is 481 g/mol. The van der Waals surface area contributed by atoms with Gasteiger partial charge in [-0.15, -0.1) is 0 Å². The van der Waals surface area contributed by atoms with Gasteiger partial charge in [-0.2, -0.15) is 4.39 Å². The molecule has 190 valence electrons. The first-order valence-corrected chi connectivity index (χ1v) is 13.9. The van der Waals surface area contributed by atoms with E-state index in [1.807, 2.05) is 0 Å². The summed E-state index contributed by atoms with van der Waals surface area (Å²) in [6, 6.07) is 12.0. The second kappa shape index (κ2) is 12.7. The molecular formula is C32H42F2O. The molecule has 0 atom stereocenters. The van der Waals surface area contributed by atoms with Crippen LogP contribution in [0.5, 0.6) is 5.75 Å². The first kappa shape index (κ1) is 25.9. The molecule has 2 aromatic rings. The SMILES string of the molecule is CC=COc1ccc(CCc2ccc(C3CCC(C4CCC(CCC)CC4)CC3)cc2)c(F)c1F. The van der Waals surface area contributed by atoms with Crippen molar-refractivity contribution in [1.29, 1.82) is 0 Å². The number of halogens is 2.